The van der Waals surface area contributed by atoms with Crippen LogP contribution in [0, 0.1) is 11.3 Å². The Kier molecular flexibility index (Phi) is 4.19. The highest BCUT2D eigenvalue weighted by atomic mass is 79.9. The van der Waals surface area contributed by atoms with Gasteiger partial charge in [0.25, 0.3) is 5.91 Å². The van der Waals surface area contributed by atoms with Crippen molar-refractivity contribution < 1.29 is 24.2 Å². The Balaban J connectivity index is 2.59. The highest BCUT2D eigenvalue weighted by Gasteiger charge is 2.23. The van der Waals surface area contributed by atoms with E-state index in [1.807, 2.05) is 0 Å². The van der Waals surface area contributed by atoms with Gasteiger partial charge in [-0.2, -0.15) is 5.26 Å². The molecule has 1 aromatic carbocycles. The van der Waals surface area contributed by atoms with Gasteiger partial charge < -0.3 is 19.9 Å². The van der Waals surface area contributed by atoms with Crippen LogP contribution in [0.3, 0.4) is 0 Å². The molecule has 0 aliphatic rings. The van der Waals surface area contributed by atoms with Gasteiger partial charge in [-0.1, -0.05) is 15.9 Å². The SMILES string of the molecule is C/C(O)=C(\C#N)C(=O)Nc1c(C(=O)O)oc2ccc(Br)cc12. The van der Waals surface area contributed by atoms with E-state index in [1.54, 1.807) is 24.3 Å². The van der Waals surface area contributed by atoms with Gasteiger partial charge in [-0.15, -0.1) is 0 Å². The molecular formula is C14H9BrN2O5. The lowest BCUT2D eigenvalue weighted by molar-refractivity contribution is -0.112. The number of nitrogens with one attached hydrogen (secondary N) is 1. The van der Waals surface area contributed by atoms with E-state index in [0.29, 0.717) is 9.86 Å². The zero-order valence-corrected chi connectivity index (χ0v) is 12.8. The number of carbonyl (C=O) groups is 2. The minimum Gasteiger partial charge on any atom is -0.511 e. The number of halogens is 1. The summed E-state index contributed by atoms with van der Waals surface area (Å²) in [6, 6.07) is 6.32. The fraction of sp³-hybridized carbons (Fsp3) is 0.0714. The number of aliphatic hydroxyl groups excluding tert-OH is 1. The third kappa shape index (κ3) is 2.80. The molecule has 0 atom stereocenters. The van der Waals surface area contributed by atoms with Crippen LogP contribution >= 0.6 is 15.9 Å². The first-order chi connectivity index (χ1) is 10.3. The summed E-state index contributed by atoms with van der Waals surface area (Å²) < 4.78 is 5.85. The maximum atomic E-state index is 12.0. The number of furan rings is 1. The van der Waals surface area contributed by atoms with Gasteiger partial charge in [-0.05, 0) is 25.1 Å². The Morgan fingerprint density at radius 1 is 1.36 bits per heavy atom. The molecule has 1 amide bonds. The van der Waals surface area contributed by atoms with E-state index in [1.165, 1.54) is 6.92 Å². The first-order valence-corrected chi connectivity index (χ1v) is 6.71. The van der Waals surface area contributed by atoms with Crippen LogP contribution in [0.2, 0.25) is 0 Å². The Bertz CT molecular complexity index is 856. The number of anilines is 1. The van der Waals surface area contributed by atoms with Crippen LogP contribution < -0.4 is 5.32 Å². The lowest BCUT2D eigenvalue weighted by Crippen LogP contribution is -2.16. The molecule has 0 radical (unpaired) electrons. The maximum absolute atomic E-state index is 12.0. The summed E-state index contributed by atoms with van der Waals surface area (Å²) in [5.41, 5.74) is -0.331. The molecule has 3 N–H and O–H groups in total. The fourth-order valence-electron chi connectivity index (χ4n) is 1.82. The van der Waals surface area contributed by atoms with Crippen molar-refractivity contribution in [3.05, 3.63) is 39.8 Å². The fourth-order valence-corrected chi connectivity index (χ4v) is 2.18. The van der Waals surface area contributed by atoms with E-state index < -0.39 is 29.0 Å². The van der Waals surface area contributed by atoms with Crippen LogP contribution in [0.4, 0.5) is 5.69 Å². The first-order valence-electron chi connectivity index (χ1n) is 5.91. The summed E-state index contributed by atoms with van der Waals surface area (Å²) in [6.07, 6.45) is 0. The molecule has 1 heterocycles. The predicted octanol–water partition coefficient (Wildman–Crippen LogP) is 3.19. The molecule has 0 spiro atoms. The number of hydrogen-bond acceptors (Lipinski definition) is 5. The Morgan fingerprint density at radius 3 is 2.59 bits per heavy atom. The van der Waals surface area contributed by atoms with Gasteiger partial charge in [0.15, 0.2) is 5.57 Å². The normalized spacial score (nSPS) is 11.7. The van der Waals surface area contributed by atoms with E-state index >= 15 is 0 Å². The number of allylic oxidation sites excluding steroid dienone is 1. The third-order valence-electron chi connectivity index (χ3n) is 2.78. The van der Waals surface area contributed by atoms with Crippen LogP contribution in [0.1, 0.15) is 17.5 Å². The molecular weight excluding hydrogens is 356 g/mol. The average Bonchev–Trinajstić information content (AvgIpc) is 2.77. The van der Waals surface area contributed by atoms with E-state index in [-0.39, 0.29) is 11.3 Å². The van der Waals surface area contributed by atoms with Gasteiger partial charge in [-0.25, -0.2) is 4.79 Å². The van der Waals surface area contributed by atoms with Gasteiger partial charge in [0.1, 0.15) is 23.1 Å². The van der Waals surface area contributed by atoms with Gasteiger partial charge >= 0.3 is 5.97 Å². The van der Waals surface area contributed by atoms with E-state index in [4.69, 9.17) is 9.68 Å². The molecule has 8 heteroatoms. The zero-order valence-electron chi connectivity index (χ0n) is 11.2. The molecule has 0 saturated carbocycles. The number of nitriles is 1. The standard InChI is InChI=1S/C14H9BrN2O5/c1-6(18)9(5-16)13(19)17-11-8-4-7(15)2-3-10(8)22-12(11)14(20)21/h2-4,18H,1H3,(H,17,19)(H,20,21)/b9-6-. The van der Waals surface area contributed by atoms with Crippen LogP contribution in [-0.2, 0) is 4.79 Å². The van der Waals surface area contributed by atoms with Crippen LogP contribution in [-0.4, -0.2) is 22.1 Å². The number of carbonyl (C=O) groups excluding carboxylic acids is 1. The second kappa shape index (κ2) is 5.91. The Morgan fingerprint density at radius 2 is 2.05 bits per heavy atom. The second-order valence-electron chi connectivity index (χ2n) is 4.28. The summed E-state index contributed by atoms with van der Waals surface area (Å²) >= 11 is 3.24. The van der Waals surface area contributed by atoms with Crippen molar-refractivity contribution >= 4 is 44.5 Å². The lowest BCUT2D eigenvalue weighted by Gasteiger charge is -2.04. The van der Waals surface area contributed by atoms with Crippen LogP contribution in [0.15, 0.2) is 38.4 Å². The smallest absolute Gasteiger partial charge is 0.374 e. The first kappa shape index (κ1) is 15.6. The predicted molar refractivity (Wildman–Crippen MR) is 80.4 cm³/mol. The number of benzene rings is 1. The zero-order chi connectivity index (χ0) is 16.4. The summed E-state index contributed by atoms with van der Waals surface area (Å²) in [7, 11) is 0. The average molecular weight is 365 g/mol. The molecule has 7 nitrogen and oxygen atoms in total. The summed E-state index contributed by atoms with van der Waals surface area (Å²) in [5.74, 6) is -3.22. The topological polar surface area (TPSA) is 124 Å². The molecule has 0 saturated heterocycles. The molecule has 0 unspecified atom stereocenters. The molecule has 0 bridgehead atoms. The van der Waals surface area contributed by atoms with Crippen molar-refractivity contribution in [3.8, 4) is 6.07 Å². The molecule has 2 rings (SSSR count). The molecule has 0 aliphatic carbocycles. The van der Waals surface area contributed by atoms with Crippen LogP contribution in [0.5, 0.6) is 0 Å². The quantitative estimate of drug-likeness (QED) is 0.436. The minimum absolute atomic E-state index is 0.0807. The third-order valence-corrected chi connectivity index (χ3v) is 3.28. The molecule has 1 aromatic heterocycles. The molecule has 0 aliphatic heterocycles. The van der Waals surface area contributed by atoms with Crippen molar-refractivity contribution in [1.82, 2.24) is 0 Å². The van der Waals surface area contributed by atoms with E-state index in [2.05, 4.69) is 21.2 Å². The lowest BCUT2D eigenvalue weighted by atomic mass is 10.2. The molecule has 2 aromatic rings. The molecule has 0 fully saturated rings. The number of carboxylic acid groups (broad SMARTS) is 1. The Labute approximate surface area is 132 Å². The number of carboxylic acids is 1. The highest BCUT2D eigenvalue weighted by Crippen LogP contribution is 2.33. The summed E-state index contributed by atoms with van der Waals surface area (Å²) in [5, 5.41) is 30.0. The van der Waals surface area contributed by atoms with Crippen molar-refractivity contribution in [2.75, 3.05) is 5.32 Å². The van der Waals surface area contributed by atoms with Crippen molar-refractivity contribution in [2.24, 2.45) is 0 Å². The number of aliphatic hydroxyl groups is 1. The van der Waals surface area contributed by atoms with Gasteiger partial charge in [0, 0.05) is 9.86 Å². The van der Waals surface area contributed by atoms with Crippen molar-refractivity contribution in [1.29, 1.82) is 5.26 Å². The number of hydrogen-bond donors (Lipinski definition) is 3. The highest BCUT2D eigenvalue weighted by molar-refractivity contribution is 9.10. The van der Waals surface area contributed by atoms with Gasteiger partial charge in [0.2, 0.25) is 5.76 Å². The largest absolute Gasteiger partial charge is 0.511 e. The number of aromatic carboxylic acids is 1. The monoisotopic (exact) mass is 364 g/mol. The number of fused-ring (bicyclic) bond motifs is 1. The van der Waals surface area contributed by atoms with Gasteiger partial charge in [-0.3, -0.25) is 4.79 Å². The second-order valence-corrected chi connectivity index (χ2v) is 5.19. The molecule has 112 valence electrons. The van der Waals surface area contributed by atoms with Gasteiger partial charge in [0.05, 0.1) is 0 Å². The van der Waals surface area contributed by atoms with E-state index in [9.17, 15) is 19.8 Å². The van der Waals surface area contributed by atoms with E-state index in [0.717, 1.165) is 0 Å². The van der Waals surface area contributed by atoms with Crippen LogP contribution in [0.25, 0.3) is 11.0 Å². The molecule has 22 heavy (non-hydrogen) atoms. The summed E-state index contributed by atoms with van der Waals surface area (Å²) in [6.45, 7) is 1.18. The number of nitrogens with zero attached hydrogens (tertiary/aromatic N) is 1. The Hall–Kier alpha value is -2.79. The number of amides is 1. The van der Waals surface area contributed by atoms with Crippen molar-refractivity contribution in [2.45, 2.75) is 6.92 Å². The number of rotatable bonds is 3. The maximum Gasteiger partial charge on any atom is 0.374 e. The summed E-state index contributed by atoms with van der Waals surface area (Å²) in [4.78, 5) is 23.2. The van der Waals surface area contributed by atoms with Crippen molar-refractivity contribution in [3.63, 3.8) is 0 Å². The minimum atomic E-state index is -1.37.